The number of aromatic nitrogens is 2. The Bertz CT molecular complexity index is 516. The summed E-state index contributed by atoms with van der Waals surface area (Å²) in [6, 6.07) is 4.60. The van der Waals surface area contributed by atoms with Gasteiger partial charge in [-0.15, -0.1) is 0 Å². The van der Waals surface area contributed by atoms with E-state index in [0.717, 1.165) is 0 Å². The van der Waals surface area contributed by atoms with Crippen LogP contribution in [-0.4, -0.2) is 21.7 Å². The standard InChI is InChI=1S/C11H12FN3O/c12-8-4-1-3-7-10(8)14-9(5-2-6-16)15-11(7)13/h1,3-4,16H,2,5-6H2,(H2,13,14,15). The van der Waals surface area contributed by atoms with Crippen molar-refractivity contribution < 1.29 is 9.50 Å². The van der Waals surface area contributed by atoms with Crippen LogP contribution in [0.3, 0.4) is 0 Å². The maximum Gasteiger partial charge on any atom is 0.149 e. The van der Waals surface area contributed by atoms with Gasteiger partial charge in [-0.2, -0.15) is 0 Å². The normalized spacial score (nSPS) is 10.9. The van der Waals surface area contributed by atoms with E-state index in [1.807, 2.05) is 0 Å². The summed E-state index contributed by atoms with van der Waals surface area (Å²) < 4.78 is 13.5. The Morgan fingerprint density at radius 1 is 1.31 bits per heavy atom. The van der Waals surface area contributed by atoms with Crippen molar-refractivity contribution in [1.82, 2.24) is 9.97 Å². The molecule has 0 saturated carbocycles. The van der Waals surface area contributed by atoms with E-state index in [9.17, 15) is 4.39 Å². The molecule has 0 atom stereocenters. The summed E-state index contributed by atoms with van der Waals surface area (Å²) >= 11 is 0. The van der Waals surface area contributed by atoms with Crippen molar-refractivity contribution in [2.75, 3.05) is 12.3 Å². The summed E-state index contributed by atoms with van der Waals surface area (Å²) in [6.45, 7) is 0.0541. The molecule has 0 radical (unpaired) electrons. The quantitative estimate of drug-likeness (QED) is 0.818. The monoisotopic (exact) mass is 221 g/mol. The molecule has 2 rings (SSSR count). The largest absolute Gasteiger partial charge is 0.396 e. The Labute approximate surface area is 91.9 Å². The van der Waals surface area contributed by atoms with Crippen molar-refractivity contribution in [3.63, 3.8) is 0 Å². The Kier molecular flexibility index (Phi) is 2.96. The lowest BCUT2D eigenvalue weighted by Gasteiger charge is -2.05. The number of benzene rings is 1. The summed E-state index contributed by atoms with van der Waals surface area (Å²) in [7, 11) is 0. The van der Waals surface area contributed by atoms with Gasteiger partial charge in [-0.25, -0.2) is 14.4 Å². The molecule has 1 heterocycles. The number of nitrogen functional groups attached to an aromatic ring is 1. The van der Waals surface area contributed by atoms with Gasteiger partial charge < -0.3 is 10.8 Å². The molecule has 0 unspecified atom stereocenters. The average Bonchev–Trinajstić information content (AvgIpc) is 2.28. The number of hydrogen-bond acceptors (Lipinski definition) is 4. The second-order valence-electron chi connectivity index (χ2n) is 3.49. The van der Waals surface area contributed by atoms with Crippen LogP contribution in [0.1, 0.15) is 12.2 Å². The maximum absolute atomic E-state index is 13.5. The Balaban J connectivity index is 2.52. The second kappa shape index (κ2) is 4.40. The summed E-state index contributed by atoms with van der Waals surface area (Å²) in [5.74, 6) is 0.332. The number of aryl methyl sites for hydroxylation is 1. The highest BCUT2D eigenvalue weighted by molar-refractivity contribution is 5.88. The first kappa shape index (κ1) is 10.8. The van der Waals surface area contributed by atoms with E-state index >= 15 is 0 Å². The highest BCUT2D eigenvalue weighted by atomic mass is 19.1. The highest BCUT2D eigenvalue weighted by Gasteiger charge is 2.08. The van der Waals surface area contributed by atoms with Gasteiger partial charge in [0, 0.05) is 18.4 Å². The summed E-state index contributed by atoms with van der Waals surface area (Å²) in [5, 5.41) is 9.22. The van der Waals surface area contributed by atoms with Crippen molar-refractivity contribution in [1.29, 1.82) is 0 Å². The second-order valence-corrected chi connectivity index (χ2v) is 3.49. The number of nitrogens with two attached hydrogens (primary N) is 1. The minimum atomic E-state index is -0.406. The Hall–Kier alpha value is -1.75. The van der Waals surface area contributed by atoms with Crippen LogP contribution in [-0.2, 0) is 6.42 Å². The zero-order valence-corrected chi connectivity index (χ0v) is 8.65. The lowest BCUT2D eigenvalue weighted by molar-refractivity contribution is 0.287. The van der Waals surface area contributed by atoms with Gasteiger partial charge >= 0.3 is 0 Å². The molecule has 4 nitrogen and oxygen atoms in total. The molecule has 0 spiro atoms. The van der Waals surface area contributed by atoms with Crippen molar-refractivity contribution in [2.45, 2.75) is 12.8 Å². The first-order valence-electron chi connectivity index (χ1n) is 5.04. The molecule has 0 amide bonds. The van der Waals surface area contributed by atoms with Crippen LogP contribution in [0.25, 0.3) is 10.9 Å². The molecule has 0 fully saturated rings. The molecule has 0 bridgehead atoms. The van der Waals surface area contributed by atoms with Gasteiger partial charge in [0.05, 0.1) is 0 Å². The van der Waals surface area contributed by atoms with E-state index < -0.39 is 5.82 Å². The molecule has 3 N–H and O–H groups in total. The molecule has 5 heteroatoms. The number of halogens is 1. The summed E-state index contributed by atoms with van der Waals surface area (Å²) in [4.78, 5) is 8.16. The predicted octanol–water partition coefficient (Wildman–Crippen LogP) is 1.28. The molecule has 1 aromatic carbocycles. The molecular formula is C11H12FN3O. The number of para-hydroxylation sites is 1. The fourth-order valence-electron chi connectivity index (χ4n) is 1.54. The van der Waals surface area contributed by atoms with Crippen LogP contribution >= 0.6 is 0 Å². The van der Waals surface area contributed by atoms with Gasteiger partial charge in [-0.3, -0.25) is 0 Å². The van der Waals surface area contributed by atoms with Gasteiger partial charge in [0.2, 0.25) is 0 Å². The minimum absolute atomic E-state index is 0.0541. The lowest BCUT2D eigenvalue weighted by atomic mass is 10.2. The van der Waals surface area contributed by atoms with E-state index in [4.69, 9.17) is 10.8 Å². The zero-order chi connectivity index (χ0) is 11.5. The van der Waals surface area contributed by atoms with Gasteiger partial charge in [0.1, 0.15) is 23.0 Å². The smallest absolute Gasteiger partial charge is 0.149 e. The zero-order valence-electron chi connectivity index (χ0n) is 8.65. The van der Waals surface area contributed by atoms with Crippen LogP contribution in [0.5, 0.6) is 0 Å². The highest BCUT2D eigenvalue weighted by Crippen LogP contribution is 2.20. The van der Waals surface area contributed by atoms with Crippen LogP contribution in [0, 0.1) is 5.82 Å². The molecule has 84 valence electrons. The molecule has 0 saturated heterocycles. The van der Waals surface area contributed by atoms with Gasteiger partial charge in [0.15, 0.2) is 0 Å². The van der Waals surface area contributed by atoms with E-state index in [2.05, 4.69) is 9.97 Å². The molecule has 0 aliphatic rings. The van der Waals surface area contributed by atoms with Crippen LogP contribution in [0.15, 0.2) is 18.2 Å². The number of aliphatic hydroxyl groups is 1. The van der Waals surface area contributed by atoms with Crippen LogP contribution in [0.2, 0.25) is 0 Å². The van der Waals surface area contributed by atoms with Crippen LogP contribution in [0.4, 0.5) is 10.2 Å². The third kappa shape index (κ3) is 1.94. The third-order valence-corrected chi connectivity index (χ3v) is 2.31. The topological polar surface area (TPSA) is 72.0 Å². The molecule has 0 aliphatic carbocycles. The Morgan fingerprint density at radius 2 is 2.12 bits per heavy atom. The fourth-order valence-corrected chi connectivity index (χ4v) is 1.54. The lowest BCUT2D eigenvalue weighted by Crippen LogP contribution is -2.03. The number of nitrogens with zero attached hydrogens (tertiary/aromatic N) is 2. The number of hydrogen-bond donors (Lipinski definition) is 2. The first-order valence-corrected chi connectivity index (χ1v) is 5.04. The average molecular weight is 221 g/mol. The molecule has 16 heavy (non-hydrogen) atoms. The molecule has 0 aliphatic heterocycles. The van der Waals surface area contributed by atoms with Crippen molar-refractivity contribution in [3.05, 3.63) is 29.8 Å². The van der Waals surface area contributed by atoms with Crippen molar-refractivity contribution in [2.24, 2.45) is 0 Å². The Morgan fingerprint density at radius 3 is 2.88 bits per heavy atom. The van der Waals surface area contributed by atoms with E-state index in [0.29, 0.717) is 24.1 Å². The van der Waals surface area contributed by atoms with Gasteiger partial charge in [0.25, 0.3) is 0 Å². The predicted molar refractivity (Wildman–Crippen MR) is 59.3 cm³/mol. The van der Waals surface area contributed by atoms with Crippen molar-refractivity contribution in [3.8, 4) is 0 Å². The van der Waals surface area contributed by atoms with E-state index in [1.54, 1.807) is 12.1 Å². The van der Waals surface area contributed by atoms with Crippen molar-refractivity contribution >= 4 is 16.7 Å². The summed E-state index contributed by atoms with van der Waals surface area (Å²) in [6.07, 6.45) is 1.03. The molecule has 1 aromatic heterocycles. The van der Waals surface area contributed by atoms with E-state index in [-0.39, 0.29) is 17.9 Å². The number of aliphatic hydroxyl groups excluding tert-OH is 1. The SMILES string of the molecule is Nc1nc(CCCO)nc2c(F)cccc12. The maximum atomic E-state index is 13.5. The minimum Gasteiger partial charge on any atom is -0.396 e. The van der Waals surface area contributed by atoms with Gasteiger partial charge in [-0.05, 0) is 18.6 Å². The van der Waals surface area contributed by atoms with Gasteiger partial charge in [-0.1, -0.05) is 6.07 Å². The van der Waals surface area contributed by atoms with Crippen LogP contribution < -0.4 is 5.73 Å². The number of fused-ring (bicyclic) bond motifs is 1. The number of anilines is 1. The first-order chi connectivity index (χ1) is 7.72. The number of rotatable bonds is 3. The van der Waals surface area contributed by atoms with E-state index in [1.165, 1.54) is 6.07 Å². The third-order valence-electron chi connectivity index (χ3n) is 2.31. The molecular weight excluding hydrogens is 209 g/mol. The molecule has 2 aromatic rings. The summed E-state index contributed by atoms with van der Waals surface area (Å²) in [5.41, 5.74) is 5.96. The fraction of sp³-hybridized carbons (Fsp3) is 0.273.